The van der Waals surface area contributed by atoms with Crippen LogP contribution in [0.5, 0.6) is 5.88 Å². The Labute approximate surface area is 151 Å². The Morgan fingerprint density at radius 3 is 2.58 bits per heavy atom. The van der Waals surface area contributed by atoms with E-state index in [1.54, 1.807) is 13.8 Å². The molecule has 1 aliphatic heterocycles. The summed E-state index contributed by atoms with van der Waals surface area (Å²) in [6, 6.07) is 0. The number of aliphatic imine (C=N–C) groups is 1. The smallest absolute Gasteiger partial charge is 0.328 e. The maximum atomic E-state index is 12.4. The minimum atomic E-state index is -0.746. The van der Waals surface area contributed by atoms with Gasteiger partial charge < -0.3 is 19.5 Å². The summed E-state index contributed by atoms with van der Waals surface area (Å²) in [7, 11) is 0. The summed E-state index contributed by atoms with van der Waals surface area (Å²) in [5, 5.41) is 12.4. The SMILES string of the molecule is C=CCn1c([O-])c(C(C)=NCC[NH+]2CCN(C(C)=O)CC2)c(=O)[nH]c1=O. The van der Waals surface area contributed by atoms with Crippen molar-refractivity contribution in [2.24, 2.45) is 4.99 Å². The van der Waals surface area contributed by atoms with Crippen molar-refractivity contribution < 1.29 is 14.8 Å². The number of amides is 1. The number of rotatable bonds is 6. The zero-order valence-electron chi connectivity index (χ0n) is 15.2. The first-order valence-electron chi connectivity index (χ1n) is 8.60. The van der Waals surface area contributed by atoms with E-state index in [4.69, 9.17) is 0 Å². The average Bonchev–Trinajstić information content (AvgIpc) is 2.59. The Kier molecular flexibility index (Phi) is 6.51. The van der Waals surface area contributed by atoms with Crippen molar-refractivity contribution in [3.8, 4) is 5.88 Å². The zero-order valence-corrected chi connectivity index (χ0v) is 15.2. The quantitative estimate of drug-likeness (QED) is 0.424. The lowest BCUT2D eigenvalue weighted by molar-refractivity contribution is -0.902. The number of nitrogens with zero attached hydrogens (tertiary/aromatic N) is 3. The molecule has 0 spiro atoms. The molecule has 2 heterocycles. The van der Waals surface area contributed by atoms with Crippen molar-refractivity contribution in [1.29, 1.82) is 0 Å². The molecule has 9 nitrogen and oxygen atoms in total. The summed E-state index contributed by atoms with van der Waals surface area (Å²) < 4.78 is 0.926. The molecule has 1 fully saturated rings. The minimum absolute atomic E-state index is 0.0271. The largest absolute Gasteiger partial charge is 0.859 e. The standard InChI is InChI=1S/C17H25N5O4/c1-4-6-22-16(25)14(15(24)19-17(22)26)12(2)18-5-7-20-8-10-21(11-9-20)13(3)23/h4,25H,1,5-11H2,2-3H3,(H,19,24,26). The molecular formula is C17H25N5O4. The van der Waals surface area contributed by atoms with Gasteiger partial charge in [0.25, 0.3) is 5.56 Å². The van der Waals surface area contributed by atoms with Gasteiger partial charge in [0, 0.05) is 19.2 Å². The van der Waals surface area contributed by atoms with Gasteiger partial charge in [-0.25, -0.2) is 4.79 Å². The molecule has 1 amide bonds. The van der Waals surface area contributed by atoms with Crippen LogP contribution in [0, 0.1) is 0 Å². The summed E-state index contributed by atoms with van der Waals surface area (Å²) in [4.78, 5) is 44.7. The number of aromatic amines is 1. The first-order chi connectivity index (χ1) is 12.3. The van der Waals surface area contributed by atoms with E-state index in [1.165, 1.54) is 11.0 Å². The van der Waals surface area contributed by atoms with Crippen LogP contribution in [0.15, 0.2) is 27.2 Å². The van der Waals surface area contributed by atoms with Gasteiger partial charge in [-0.05, 0) is 12.8 Å². The number of quaternary nitrogens is 1. The molecule has 2 N–H and O–H groups in total. The van der Waals surface area contributed by atoms with Crippen LogP contribution in [0.3, 0.4) is 0 Å². The molecule has 1 aromatic heterocycles. The molecule has 0 radical (unpaired) electrons. The predicted octanol–water partition coefficient (Wildman–Crippen LogP) is -2.65. The Hall–Kier alpha value is -2.68. The van der Waals surface area contributed by atoms with Crippen molar-refractivity contribution in [2.75, 3.05) is 39.3 Å². The summed E-state index contributed by atoms with van der Waals surface area (Å²) in [6.07, 6.45) is 1.42. The Morgan fingerprint density at radius 2 is 2.00 bits per heavy atom. The highest BCUT2D eigenvalue weighted by molar-refractivity contribution is 6.00. The second kappa shape index (κ2) is 8.61. The van der Waals surface area contributed by atoms with Crippen molar-refractivity contribution in [3.63, 3.8) is 0 Å². The van der Waals surface area contributed by atoms with Crippen LogP contribution < -0.4 is 21.3 Å². The number of aromatic nitrogens is 2. The van der Waals surface area contributed by atoms with E-state index >= 15 is 0 Å². The van der Waals surface area contributed by atoms with Crippen molar-refractivity contribution in [2.45, 2.75) is 20.4 Å². The highest BCUT2D eigenvalue weighted by Crippen LogP contribution is 2.07. The van der Waals surface area contributed by atoms with E-state index in [9.17, 15) is 19.5 Å². The van der Waals surface area contributed by atoms with Gasteiger partial charge in [0.2, 0.25) is 5.91 Å². The summed E-state index contributed by atoms with van der Waals surface area (Å²) in [6.45, 7) is 11.1. The fraction of sp³-hybridized carbons (Fsp3) is 0.529. The highest BCUT2D eigenvalue weighted by Gasteiger charge is 2.20. The highest BCUT2D eigenvalue weighted by atomic mass is 16.3. The molecular weight excluding hydrogens is 338 g/mol. The molecule has 26 heavy (non-hydrogen) atoms. The fourth-order valence-corrected chi connectivity index (χ4v) is 3.01. The first-order valence-corrected chi connectivity index (χ1v) is 8.60. The Bertz CT molecular complexity index is 815. The lowest BCUT2D eigenvalue weighted by Crippen LogP contribution is -3.15. The fourth-order valence-electron chi connectivity index (χ4n) is 3.01. The van der Waals surface area contributed by atoms with Gasteiger partial charge in [0.05, 0.1) is 44.8 Å². The number of hydrogen-bond donors (Lipinski definition) is 2. The van der Waals surface area contributed by atoms with Gasteiger partial charge in [0.1, 0.15) is 0 Å². The first kappa shape index (κ1) is 19.6. The molecule has 1 aliphatic rings. The molecule has 0 aromatic carbocycles. The third-order valence-corrected chi connectivity index (χ3v) is 4.56. The third kappa shape index (κ3) is 4.48. The van der Waals surface area contributed by atoms with Gasteiger partial charge in [-0.1, -0.05) is 6.08 Å². The molecule has 9 heteroatoms. The van der Waals surface area contributed by atoms with Gasteiger partial charge in [-0.3, -0.25) is 19.6 Å². The molecule has 142 valence electrons. The van der Waals surface area contributed by atoms with Crippen LogP contribution in [0.2, 0.25) is 0 Å². The van der Waals surface area contributed by atoms with Crippen LogP contribution in [0.25, 0.3) is 0 Å². The Morgan fingerprint density at radius 1 is 1.35 bits per heavy atom. The van der Waals surface area contributed by atoms with Gasteiger partial charge in [0.15, 0.2) is 0 Å². The molecule has 1 saturated heterocycles. The van der Waals surface area contributed by atoms with E-state index < -0.39 is 17.1 Å². The van der Waals surface area contributed by atoms with Gasteiger partial charge in [-0.2, -0.15) is 0 Å². The van der Waals surface area contributed by atoms with Crippen LogP contribution >= 0.6 is 0 Å². The topological polar surface area (TPSA) is 115 Å². The predicted molar refractivity (Wildman–Crippen MR) is 95.9 cm³/mol. The summed E-state index contributed by atoms with van der Waals surface area (Å²) in [5.41, 5.74) is -1.26. The van der Waals surface area contributed by atoms with E-state index in [-0.39, 0.29) is 18.0 Å². The number of hydrogen-bond acceptors (Lipinski definition) is 5. The van der Waals surface area contributed by atoms with E-state index in [0.717, 1.165) is 37.3 Å². The van der Waals surface area contributed by atoms with Crippen molar-refractivity contribution in [1.82, 2.24) is 14.5 Å². The minimum Gasteiger partial charge on any atom is -0.859 e. The molecule has 0 aliphatic carbocycles. The van der Waals surface area contributed by atoms with Crippen LogP contribution in [-0.2, 0) is 11.3 Å². The van der Waals surface area contributed by atoms with Gasteiger partial charge in [-0.15, -0.1) is 6.58 Å². The Balaban J connectivity index is 2.05. The lowest BCUT2D eigenvalue weighted by Gasteiger charge is -2.31. The van der Waals surface area contributed by atoms with Crippen molar-refractivity contribution in [3.05, 3.63) is 39.1 Å². The number of carbonyl (C=O) groups is 1. The summed E-state index contributed by atoms with van der Waals surface area (Å²) in [5.74, 6) is -0.558. The van der Waals surface area contributed by atoms with Gasteiger partial charge >= 0.3 is 5.69 Å². The monoisotopic (exact) mass is 363 g/mol. The van der Waals surface area contributed by atoms with Crippen LogP contribution in [0.4, 0.5) is 0 Å². The number of carbonyl (C=O) groups excluding carboxylic acids is 1. The second-order valence-electron chi connectivity index (χ2n) is 6.31. The number of piperazine rings is 1. The van der Waals surface area contributed by atoms with E-state index in [1.807, 2.05) is 4.90 Å². The molecule has 2 rings (SSSR count). The average molecular weight is 363 g/mol. The second-order valence-corrected chi connectivity index (χ2v) is 6.31. The molecule has 0 saturated carbocycles. The van der Waals surface area contributed by atoms with Crippen LogP contribution in [0.1, 0.15) is 19.4 Å². The zero-order chi connectivity index (χ0) is 19.3. The number of H-pyrrole nitrogens is 1. The van der Waals surface area contributed by atoms with E-state index in [2.05, 4.69) is 16.6 Å². The maximum Gasteiger partial charge on any atom is 0.328 e. The summed E-state index contributed by atoms with van der Waals surface area (Å²) >= 11 is 0. The molecule has 0 unspecified atom stereocenters. The van der Waals surface area contributed by atoms with Crippen molar-refractivity contribution >= 4 is 11.6 Å². The molecule has 1 aromatic rings. The van der Waals surface area contributed by atoms with E-state index in [0.29, 0.717) is 12.3 Å². The number of nitrogens with one attached hydrogen (secondary N) is 2. The number of allylic oxidation sites excluding steroid dienone is 1. The lowest BCUT2D eigenvalue weighted by atomic mass is 10.2. The normalized spacial score (nSPS) is 15.9. The third-order valence-electron chi connectivity index (χ3n) is 4.56. The molecule has 0 atom stereocenters. The maximum absolute atomic E-state index is 12.4. The van der Waals surface area contributed by atoms with Crippen LogP contribution in [-0.4, -0.2) is 65.3 Å². The molecule has 0 bridgehead atoms.